The van der Waals surface area contributed by atoms with Gasteiger partial charge in [-0.05, 0) is 49.0 Å². The highest BCUT2D eigenvalue weighted by atomic mass is 16.5. The van der Waals surface area contributed by atoms with Crippen LogP contribution in [0.5, 0.6) is 0 Å². The maximum absolute atomic E-state index is 13.4. The van der Waals surface area contributed by atoms with E-state index in [0.29, 0.717) is 17.2 Å². The van der Waals surface area contributed by atoms with Crippen LogP contribution in [0.25, 0.3) is 0 Å². The number of fused-ring (bicyclic) bond motifs is 1. The van der Waals surface area contributed by atoms with Crippen LogP contribution in [0.15, 0.2) is 30.3 Å². The minimum Gasteiger partial charge on any atom is -0.350 e. The zero-order chi connectivity index (χ0) is 17.6. The lowest BCUT2D eigenvalue weighted by Gasteiger charge is -2.65. The van der Waals surface area contributed by atoms with E-state index in [4.69, 9.17) is 4.74 Å². The van der Waals surface area contributed by atoms with E-state index in [9.17, 15) is 4.79 Å². The summed E-state index contributed by atoms with van der Waals surface area (Å²) >= 11 is 0. The normalized spacial score (nSPS) is 46.6. The van der Waals surface area contributed by atoms with Crippen molar-refractivity contribution in [3.05, 3.63) is 35.9 Å². The monoisotopic (exact) mass is 339 g/mol. The Kier molecular flexibility index (Phi) is 2.97. The van der Waals surface area contributed by atoms with Crippen LogP contribution in [0.1, 0.15) is 52.5 Å². The minimum atomic E-state index is -0.329. The van der Waals surface area contributed by atoms with Gasteiger partial charge in [-0.15, -0.1) is 0 Å². The molecule has 2 aliphatic heterocycles. The van der Waals surface area contributed by atoms with E-state index in [1.807, 2.05) is 6.07 Å². The summed E-state index contributed by atoms with van der Waals surface area (Å²) in [5.74, 6) is 1.64. The second-order valence-corrected chi connectivity index (χ2v) is 9.95. The molecule has 3 nitrogen and oxygen atoms in total. The summed E-state index contributed by atoms with van der Waals surface area (Å²) < 4.78 is 6.67. The molecule has 3 saturated carbocycles. The van der Waals surface area contributed by atoms with Gasteiger partial charge in [-0.1, -0.05) is 51.1 Å². The average molecular weight is 339 g/mol. The number of hydrogen-bond acceptors (Lipinski definition) is 2. The standard InChI is InChI=1S/C22H29NO2/c1-20(2)15-10-16(20)22(4)17(11-15)23-18(25-22)13-21(3,19(23)24)12-14-8-6-5-7-9-14/h5-9,15-18H,10-13H2,1-4H3/t15-,16-,17+,18-,21-,22-/m1/s1. The summed E-state index contributed by atoms with van der Waals surface area (Å²) in [5, 5.41) is 0. The molecule has 3 aliphatic carbocycles. The fraction of sp³-hybridized carbons (Fsp3) is 0.682. The molecule has 1 aromatic rings. The van der Waals surface area contributed by atoms with E-state index in [0.717, 1.165) is 25.2 Å². The Balaban J connectivity index is 1.43. The number of benzene rings is 1. The molecule has 0 spiro atoms. The lowest BCUT2D eigenvalue weighted by atomic mass is 9.43. The van der Waals surface area contributed by atoms with Crippen molar-refractivity contribution in [1.29, 1.82) is 0 Å². The van der Waals surface area contributed by atoms with Crippen LogP contribution in [0.4, 0.5) is 0 Å². The van der Waals surface area contributed by atoms with Crippen LogP contribution in [0.2, 0.25) is 0 Å². The first-order chi connectivity index (χ1) is 11.8. The molecular weight excluding hydrogens is 310 g/mol. The highest BCUT2D eigenvalue weighted by Gasteiger charge is 2.71. The zero-order valence-corrected chi connectivity index (χ0v) is 15.8. The molecule has 5 aliphatic rings. The van der Waals surface area contributed by atoms with Crippen LogP contribution < -0.4 is 0 Å². The summed E-state index contributed by atoms with van der Waals surface area (Å²) in [6.45, 7) is 9.19. The Hall–Kier alpha value is -1.35. The number of nitrogens with zero attached hydrogens (tertiary/aromatic N) is 1. The molecule has 25 heavy (non-hydrogen) atoms. The molecule has 5 fully saturated rings. The number of amides is 1. The predicted octanol–water partition coefficient (Wildman–Crippen LogP) is 4.02. The van der Waals surface area contributed by atoms with E-state index in [2.05, 4.69) is 56.9 Å². The number of carbonyl (C=O) groups excluding carboxylic acids is 1. The summed E-state index contributed by atoms with van der Waals surface area (Å²) in [4.78, 5) is 15.6. The molecule has 0 unspecified atom stereocenters. The minimum absolute atomic E-state index is 0.0219. The van der Waals surface area contributed by atoms with E-state index in [1.54, 1.807) is 0 Å². The lowest BCUT2D eigenvalue weighted by molar-refractivity contribution is -0.211. The first-order valence-electron chi connectivity index (χ1n) is 9.80. The Labute approximate surface area is 150 Å². The van der Waals surface area contributed by atoms with Crippen molar-refractivity contribution in [3.63, 3.8) is 0 Å². The second kappa shape index (κ2) is 4.68. The maximum atomic E-state index is 13.4. The van der Waals surface area contributed by atoms with E-state index in [-0.39, 0.29) is 23.3 Å². The van der Waals surface area contributed by atoms with Crippen molar-refractivity contribution in [2.75, 3.05) is 0 Å². The highest BCUT2D eigenvalue weighted by molar-refractivity contribution is 5.86. The lowest BCUT2D eigenvalue weighted by Crippen LogP contribution is -2.67. The molecule has 3 heteroatoms. The molecule has 2 saturated heterocycles. The predicted molar refractivity (Wildman–Crippen MR) is 96.8 cm³/mol. The van der Waals surface area contributed by atoms with Gasteiger partial charge in [-0.25, -0.2) is 0 Å². The largest absolute Gasteiger partial charge is 0.350 e. The first-order valence-corrected chi connectivity index (χ1v) is 9.80. The van der Waals surface area contributed by atoms with Crippen LogP contribution >= 0.6 is 0 Å². The summed E-state index contributed by atoms with van der Waals surface area (Å²) in [6, 6.07) is 10.7. The first kappa shape index (κ1) is 15.9. The quantitative estimate of drug-likeness (QED) is 0.814. The molecule has 2 heterocycles. The summed E-state index contributed by atoms with van der Waals surface area (Å²) in [6.07, 6.45) is 4.00. The maximum Gasteiger partial charge on any atom is 0.231 e. The molecule has 6 rings (SSSR count). The number of hydrogen-bond donors (Lipinski definition) is 0. The second-order valence-electron chi connectivity index (χ2n) is 9.95. The van der Waals surface area contributed by atoms with Gasteiger partial charge in [0, 0.05) is 6.42 Å². The van der Waals surface area contributed by atoms with Crippen LogP contribution in [-0.2, 0) is 16.0 Å². The van der Waals surface area contributed by atoms with Gasteiger partial charge in [0.2, 0.25) is 5.91 Å². The van der Waals surface area contributed by atoms with Gasteiger partial charge >= 0.3 is 0 Å². The third-order valence-corrected chi connectivity index (χ3v) is 8.18. The van der Waals surface area contributed by atoms with Crippen LogP contribution in [0, 0.1) is 22.7 Å². The number of ether oxygens (including phenoxy) is 1. The van der Waals surface area contributed by atoms with Gasteiger partial charge in [0.25, 0.3) is 0 Å². The molecule has 6 atom stereocenters. The molecular formula is C22H29NO2. The Morgan fingerprint density at radius 1 is 1.12 bits per heavy atom. The topological polar surface area (TPSA) is 29.5 Å². The van der Waals surface area contributed by atoms with E-state index in [1.165, 1.54) is 12.0 Å². The summed E-state index contributed by atoms with van der Waals surface area (Å²) in [5.41, 5.74) is 1.13. The Bertz CT molecular complexity index is 729. The fourth-order valence-electron chi connectivity index (χ4n) is 6.62. The molecule has 0 N–H and O–H groups in total. The van der Waals surface area contributed by atoms with Crippen molar-refractivity contribution < 1.29 is 9.53 Å². The van der Waals surface area contributed by atoms with Crippen molar-refractivity contribution in [2.24, 2.45) is 22.7 Å². The van der Waals surface area contributed by atoms with Gasteiger partial charge in [-0.3, -0.25) is 4.79 Å². The molecule has 0 radical (unpaired) electrons. The van der Waals surface area contributed by atoms with E-state index < -0.39 is 0 Å². The van der Waals surface area contributed by atoms with Crippen LogP contribution in [-0.4, -0.2) is 28.7 Å². The molecule has 1 amide bonds. The molecule has 1 aromatic carbocycles. The van der Waals surface area contributed by atoms with Crippen molar-refractivity contribution in [1.82, 2.24) is 4.90 Å². The van der Waals surface area contributed by atoms with Gasteiger partial charge in [0.1, 0.15) is 6.23 Å². The van der Waals surface area contributed by atoms with Gasteiger partial charge in [0.15, 0.2) is 0 Å². The van der Waals surface area contributed by atoms with Crippen molar-refractivity contribution >= 4 is 5.91 Å². The highest BCUT2D eigenvalue weighted by Crippen LogP contribution is 2.67. The van der Waals surface area contributed by atoms with Gasteiger partial charge in [-0.2, -0.15) is 0 Å². The average Bonchev–Trinajstić information content (AvgIpc) is 2.97. The van der Waals surface area contributed by atoms with Crippen LogP contribution in [0.3, 0.4) is 0 Å². The molecule has 0 aromatic heterocycles. The van der Waals surface area contributed by atoms with Crippen molar-refractivity contribution in [2.45, 2.75) is 71.2 Å². The SMILES string of the molecule is CC1(C)[C@H]2C[C@@H]3N4C(=O)[C@](C)(Cc5ccccc5)C[C@H]4O[C@]3(C)[C@@H]1C2. The third-order valence-electron chi connectivity index (χ3n) is 8.18. The zero-order valence-electron chi connectivity index (χ0n) is 15.8. The fourth-order valence-corrected chi connectivity index (χ4v) is 6.62. The third kappa shape index (κ3) is 1.88. The summed E-state index contributed by atoms with van der Waals surface area (Å²) in [7, 11) is 0. The number of carbonyl (C=O) groups is 1. The van der Waals surface area contributed by atoms with Crippen molar-refractivity contribution in [3.8, 4) is 0 Å². The van der Waals surface area contributed by atoms with E-state index >= 15 is 0 Å². The van der Waals surface area contributed by atoms with Gasteiger partial charge in [0.05, 0.1) is 17.1 Å². The molecule has 134 valence electrons. The van der Waals surface area contributed by atoms with Gasteiger partial charge < -0.3 is 9.64 Å². The number of rotatable bonds is 2. The molecule has 2 bridgehead atoms. The Morgan fingerprint density at radius 2 is 1.84 bits per heavy atom. The smallest absolute Gasteiger partial charge is 0.231 e. The Morgan fingerprint density at radius 3 is 2.52 bits per heavy atom.